The number of benzene rings is 7. The Kier molecular flexibility index (Phi) is 6.43. The van der Waals surface area contributed by atoms with Crippen LogP contribution in [0.1, 0.15) is 12.7 Å². The van der Waals surface area contributed by atoms with E-state index < -0.39 is 0 Å². The average molecular weight is 602 g/mol. The molecule has 9 aromatic rings. The lowest BCUT2D eigenvalue weighted by Crippen LogP contribution is -2.01. The van der Waals surface area contributed by atoms with Crippen molar-refractivity contribution in [1.82, 2.24) is 14.5 Å². The van der Waals surface area contributed by atoms with Gasteiger partial charge in [0.05, 0.1) is 16.7 Å². The Bertz CT molecular complexity index is 2560. The van der Waals surface area contributed by atoms with E-state index in [1.165, 1.54) is 54.6 Å². The number of nitrogens with zero attached hydrogens (tertiary/aromatic N) is 3. The van der Waals surface area contributed by atoms with Gasteiger partial charge in [-0.1, -0.05) is 122 Å². The Morgan fingerprint density at radius 1 is 0.511 bits per heavy atom. The molecule has 0 N–H and O–H groups in total. The van der Waals surface area contributed by atoms with Crippen molar-refractivity contribution in [2.45, 2.75) is 13.3 Å². The zero-order chi connectivity index (χ0) is 31.3. The summed E-state index contributed by atoms with van der Waals surface area (Å²) in [5.74, 6) is 1.07. The summed E-state index contributed by atoms with van der Waals surface area (Å²) in [4.78, 5) is 9.38. The maximum Gasteiger partial charge on any atom is 0.114 e. The number of para-hydroxylation sites is 2. The van der Waals surface area contributed by atoms with Crippen LogP contribution in [0.3, 0.4) is 0 Å². The topological polar surface area (TPSA) is 30.7 Å². The van der Waals surface area contributed by atoms with Crippen LogP contribution in [0.25, 0.3) is 82.4 Å². The molecule has 9 rings (SSSR count). The Hall–Kier alpha value is -6.06. The molecule has 0 unspecified atom stereocenters. The summed E-state index contributed by atoms with van der Waals surface area (Å²) in [6, 6.07) is 52.6. The third kappa shape index (κ3) is 4.35. The summed E-state index contributed by atoms with van der Waals surface area (Å²) in [7, 11) is 0. The molecule has 0 aliphatic carbocycles. The summed E-state index contributed by atoms with van der Waals surface area (Å²) in [6.07, 6.45) is 4.61. The quantitative estimate of drug-likeness (QED) is 0.184. The van der Waals surface area contributed by atoms with E-state index in [4.69, 9.17) is 4.98 Å². The Labute approximate surface area is 273 Å². The molecule has 0 saturated carbocycles. The number of rotatable bonds is 5. The number of aromatic nitrogens is 3. The summed E-state index contributed by atoms with van der Waals surface area (Å²) >= 11 is 0. The Morgan fingerprint density at radius 2 is 1.13 bits per heavy atom. The monoisotopic (exact) mass is 601 g/mol. The van der Waals surface area contributed by atoms with E-state index in [0.29, 0.717) is 0 Å². The fraction of sp³-hybridized carbons (Fsp3) is 0.0455. The van der Waals surface area contributed by atoms with E-state index in [1.807, 2.05) is 18.5 Å². The molecular weight excluding hydrogens is 571 g/mol. The third-order valence-corrected chi connectivity index (χ3v) is 9.44. The van der Waals surface area contributed by atoms with E-state index in [1.54, 1.807) is 0 Å². The lowest BCUT2D eigenvalue weighted by atomic mass is 9.84. The molecular formula is C44H31N3. The van der Waals surface area contributed by atoms with Gasteiger partial charge in [-0.2, -0.15) is 0 Å². The van der Waals surface area contributed by atoms with E-state index in [2.05, 4.69) is 156 Å². The van der Waals surface area contributed by atoms with Gasteiger partial charge in [-0.15, -0.1) is 0 Å². The molecule has 47 heavy (non-hydrogen) atoms. The first kappa shape index (κ1) is 27.3. The summed E-state index contributed by atoms with van der Waals surface area (Å²) in [5, 5.41) is 7.41. The van der Waals surface area contributed by atoms with Gasteiger partial charge in [0.15, 0.2) is 0 Å². The van der Waals surface area contributed by atoms with Gasteiger partial charge in [0.2, 0.25) is 0 Å². The SMILES string of the molecule is CCc1nc2ccccc2n1-c1ccc(-c2c3ccccc3c(-c3cccc(-c4cccnc4)c3)c3ccccc23)c2ccccc12. The van der Waals surface area contributed by atoms with Crippen LogP contribution in [0.4, 0.5) is 0 Å². The van der Waals surface area contributed by atoms with E-state index >= 15 is 0 Å². The second kappa shape index (κ2) is 11.1. The van der Waals surface area contributed by atoms with Crippen molar-refractivity contribution < 1.29 is 0 Å². The minimum absolute atomic E-state index is 0.851. The van der Waals surface area contributed by atoms with Crippen LogP contribution in [0.5, 0.6) is 0 Å². The molecule has 0 radical (unpaired) electrons. The van der Waals surface area contributed by atoms with Gasteiger partial charge in [-0.05, 0) is 85.1 Å². The number of imidazole rings is 1. The number of hydrogen-bond acceptors (Lipinski definition) is 2. The maximum absolute atomic E-state index is 5.00. The first-order valence-corrected chi connectivity index (χ1v) is 16.2. The molecule has 2 heterocycles. The summed E-state index contributed by atoms with van der Waals surface area (Å²) in [5.41, 5.74) is 10.5. The fourth-order valence-corrected chi connectivity index (χ4v) is 7.40. The molecule has 0 aliphatic rings. The predicted molar refractivity (Wildman–Crippen MR) is 197 cm³/mol. The van der Waals surface area contributed by atoms with Gasteiger partial charge in [0.25, 0.3) is 0 Å². The van der Waals surface area contributed by atoms with Crippen molar-refractivity contribution in [1.29, 1.82) is 0 Å². The van der Waals surface area contributed by atoms with Crippen molar-refractivity contribution in [2.75, 3.05) is 0 Å². The number of fused-ring (bicyclic) bond motifs is 4. The first-order chi connectivity index (χ1) is 23.3. The Morgan fingerprint density at radius 3 is 1.83 bits per heavy atom. The predicted octanol–water partition coefficient (Wildman–Crippen LogP) is 11.4. The Balaban J connectivity index is 1.34. The van der Waals surface area contributed by atoms with E-state index in [9.17, 15) is 0 Å². The van der Waals surface area contributed by atoms with Gasteiger partial charge in [0.1, 0.15) is 5.82 Å². The van der Waals surface area contributed by atoms with E-state index in [0.717, 1.165) is 40.1 Å². The molecule has 0 atom stereocenters. The maximum atomic E-state index is 5.00. The number of pyridine rings is 1. The van der Waals surface area contributed by atoms with Crippen LogP contribution < -0.4 is 0 Å². The summed E-state index contributed by atoms with van der Waals surface area (Å²) < 4.78 is 2.34. The lowest BCUT2D eigenvalue weighted by molar-refractivity contribution is 0.913. The third-order valence-electron chi connectivity index (χ3n) is 9.44. The van der Waals surface area contributed by atoms with Crippen LogP contribution in [0.15, 0.2) is 158 Å². The van der Waals surface area contributed by atoms with Crippen molar-refractivity contribution >= 4 is 43.4 Å². The molecule has 0 bridgehead atoms. The van der Waals surface area contributed by atoms with Gasteiger partial charge < -0.3 is 0 Å². The van der Waals surface area contributed by atoms with Gasteiger partial charge >= 0.3 is 0 Å². The molecule has 0 amide bonds. The molecule has 7 aromatic carbocycles. The van der Waals surface area contributed by atoms with Crippen LogP contribution in [-0.4, -0.2) is 14.5 Å². The highest BCUT2D eigenvalue weighted by atomic mass is 15.1. The smallest absolute Gasteiger partial charge is 0.114 e. The molecule has 0 aliphatic heterocycles. The second-order valence-corrected chi connectivity index (χ2v) is 12.0. The molecule has 0 saturated heterocycles. The fourth-order valence-electron chi connectivity index (χ4n) is 7.40. The van der Waals surface area contributed by atoms with Crippen LogP contribution in [0.2, 0.25) is 0 Å². The first-order valence-electron chi connectivity index (χ1n) is 16.2. The summed E-state index contributed by atoms with van der Waals surface area (Å²) in [6.45, 7) is 2.18. The lowest BCUT2D eigenvalue weighted by Gasteiger charge is -2.20. The number of hydrogen-bond donors (Lipinski definition) is 0. The van der Waals surface area contributed by atoms with Crippen LogP contribution in [-0.2, 0) is 6.42 Å². The van der Waals surface area contributed by atoms with Crippen molar-refractivity contribution in [2.24, 2.45) is 0 Å². The highest BCUT2D eigenvalue weighted by Crippen LogP contribution is 2.46. The van der Waals surface area contributed by atoms with Gasteiger partial charge in [-0.3, -0.25) is 9.55 Å². The minimum atomic E-state index is 0.851. The molecule has 2 aromatic heterocycles. The standard InChI is InChI=1S/C44H31N3/c1-2-42-46-39-22-9-10-23-41(39)47(42)40-25-24-38(32-16-3-4-17-33(32)40)44-36-20-7-5-18-34(36)43(35-19-6-8-21-37(35)44)30-14-11-13-29(27-30)31-15-12-26-45-28-31/h3-28H,2H2,1H3. The molecule has 222 valence electrons. The van der Waals surface area contributed by atoms with Crippen molar-refractivity contribution in [3.05, 3.63) is 164 Å². The highest BCUT2D eigenvalue weighted by molar-refractivity contribution is 6.24. The molecule has 3 heteroatoms. The highest BCUT2D eigenvalue weighted by Gasteiger charge is 2.20. The van der Waals surface area contributed by atoms with Crippen molar-refractivity contribution in [3.63, 3.8) is 0 Å². The minimum Gasteiger partial charge on any atom is -0.296 e. The molecule has 3 nitrogen and oxygen atoms in total. The van der Waals surface area contributed by atoms with Crippen LogP contribution in [0, 0.1) is 0 Å². The van der Waals surface area contributed by atoms with E-state index in [-0.39, 0.29) is 0 Å². The zero-order valence-electron chi connectivity index (χ0n) is 26.1. The normalized spacial score (nSPS) is 11.6. The number of aryl methyl sites for hydroxylation is 1. The van der Waals surface area contributed by atoms with Crippen molar-refractivity contribution in [3.8, 4) is 39.1 Å². The largest absolute Gasteiger partial charge is 0.296 e. The van der Waals surface area contributed by atoms with Crippen LogP contribution >= 0.6 is 0 Å². The second-order valence-electron chi connectivity index (χ2n) is 12.0. The van der Waals surface area contributed by atoms with Gasteiger partial charge in [0, 0.05) is 29.8 Å². The van der Waals surface area contributed by atoms with Gasteiger partial charge in [-0.25, -0.2) is 4.98 Å². The molecule has 0 fully saturated rings. The molecule has 0 spiro atoms. The zero-order valence-corrected chi connectivity index (χ0v) is 26.1. The average Bonchev–Trinajstić information content (AvgIpc) is 3.52.